The summed E-state index contributed by atoms with van der Waals surface area (Å²) in [6.07, 6.45) is 1.97. The van der Waals surface area contributed by atoms with Gasteiger partial charge in [0.2, 0.25) is 0 Å². The summed E-state index contributed by atoms with van der Waals surface area (Å²) < 4.78 is 0. The summed E-state index contributed by atoms with van der Waals surface area (Å²) in [7, 11) is 0. The van der Waals surface area contributed by atoms with E-state index in [4.69, 9.17) is 0 Å². The second-order valence-electron chi connectivity index (χ2n) is 4.62. The lowest BCUT2D eigenvalue weighted by molar-refractivity contribution is 0.635. The van der Waals surface area contributed by atoms with Crippen molar-refractivity contribution in [3.8, 4) is 0 Å². The van der Waals surface area contributed by atoms with Gasteiger partial charge in [-0.3, -0.25) is 0 Å². The topological polar surface area (TPSA) is 27.8 Å². The third-order valence-corrected chi connectivity index (χ3v) is 2.10. The first kappa shape index (κ1) is 9.13. The monoisotopic (exact) mass is 188 g/mol. The summed E-state index contributed by atoms with van der Waals surface area (Å²) >= 11 is 0. The molecule has 1 aromatic carbocycles. The number of aromatic nitrogens is 1. The molecule has 0 radical (unpaired) electrons. The molecule has 1 heterocycles. The van der Waals surface area contributed by atoms with E-state index in [0.717, 1.165) is 0 Å². The van der Waals surface area contributed by atoms with Crippen molar-refractivity contribution in [2.45, 2.75) is 26.3 Å². The number of H-pyrrole nitrogens is 1. The van der Waals surface area contributed by atoms with E-state index in [2.05, 4.69) is 55.3 Å². The average Bonchev–Trinajstić information content (AvgIpc) is 2.49. The van der Waals surface area contributed by atoms with Crippen LogP contribution in [0.1, 0.15) is 20.8 Å². The minimum Gasteiger partial charge on any atom is -0.380 e. The molecule has 0 aliphatic heterocycles. The number of benzene rings is 1. The van der Waals surface area contributed by atoms with Crippen LogP contribution >= 0.6 is 0 Å². The Morgan fingerprint density at radius 3 is 2.64 bits per heavy atom. The number of hydrogen-bond donors (Lipinski definition) is 2. The number of fused-ring (bicyclic) bond motifs is 1. The molecule has 0 aliphatic rings. The highest BCUT2D eigenvalue weighted by Gasteiger charge is 2.10. The van der Waals surface area contributed by atoms with Crippen molar-refractivity contribution in [2.75, 3.05) is 5.32 Å². The van der Waals surface area contributed by atoms with Crippen molar-refractivity contribution < 1.29 is 0 Å². The maximum absolute atomic E-state index is 3.49. The lowest BCUT2D eigenvalue weighted by Gasteiger charge is -2.22. The van der Waals surface area contributed by atoms with Crippen LogP contribution in [-0.4, -0.2) is 10.5 Å². The summed E-state index contributed by atoms with van der Waals surface area (Å²) in [5.74, 6) is 0. The standard InChI is InChI=1S/C12H16N2/c1-12(2,3)14-11-6-4-5-10-9(11)7-8-13-10/h4-8,13-14H,1-3H3. The molecule has 0 aliphatic carbocycles. The van der Waals surface area contributed by atoms with Gasteiger partial charge in [-0.1, -0.05) is 6.07 Å². The smallest absolute Gasteiger partial charge is 0.0474 e. The Morgan fingerprint density at radius 1 is 1.14 bits per heavy atom. The maximum Gasteiger partial charge on any atom is 0.0474 e. The fraction of sp³-hybridized carbons (Fsp3) is 0.333. The molecule has 74 valence electrons. The van der Waals surface area contributed by atoms with Crippen molar-refractivity contribution in [1.82, 2.24) is 4.98 Å². The number of anilines is 1. The number of aromatic amines is 1. The second kappa shape index (κ2) is 3.05. The summed E-state index contributed by atoms with van der Waals surface area (Å²) in [6, 6.07) is 8.36. The Hall–Kier alpha value is -1.44. The van der Waals surface area contributed by atoms with Gasteiger partial charge in [-0.2, -0.15) is 0 Å². The first-order chi connectivity index (χ1) is 6.56. The highest BCUT2D eigenvalue weighted by atomic mass is 15.0. The van der Waals surface area contributed by atoms with Crippen molar-refractivity contribution >= 4 is 16.6 Å². The van der Waals surface area contributed by atoms with Crippen LogP contribution in [-0.2, 0) is 0 Å². The van der Waals surface area contributed by atoms with E-state index in [9.17, 15) is 0 Å². The summed E-state index contributed by atoms with van der Waals surface area (Å²) in [5.41, 5.74) is 2.47. The van der Waals surface area contributed by atoms with E-state index >= 15 is 0 Å². The highest BCUT2D eigenvalue weighted by molar-refractivity contribution is 5.92. The fourth-order valence-corrected chi connectivity index (χ4v) is 1.60. The van der Waals surface area contributed by atoms with E-state index in [1.807, 2.05) is 6.20 Å². The molecular weight excluding hydrogens is 172 g/mol. The Balaban J connectivity index is 2.46. The van der Waals surface area contributed by atoms with Crippen LogP contribution in [0.15, 0.2) is 30.5 Å². The van der Waals surface area contributed by atoms with Crippen molar-refractivity contribution in [3.63, 3.8) is 0 Å². The first-order valence-electron chi connectivity index (χ1n) is 4.90. The van der Waals surface area contributed by atoms with Crippen LogP contribution in [0.3, 0.4) is 0 Å². The van der Waals surface area contributed by atoms with Crippen LogP contribution in [0, 0.1) is 0 Å². The lowest BCUT2D eigenvalue weighted by atomic mass is 10.1. The van der Waals surface area contributed by atoms with Crippen molar-refractivity contribution in [1.29, 1.82) is 0 Å². The fourth-order valence-electron chi connectivity index (χ4n) is 1.60. The predicted molar refractivity (Wildman–Crippen MR) is 61.7 cm³/mol. The molecule has 2 rings (SSSR count). The van der Waals surface area contributed by atoms with Gasteiger partial charge in [0.1, 0.15) is 0 Å². The van der Waals surface area contributed by atoms with E-state index in [0.29, 0.717) is 0 Å². The molecule has 0 saturated heterocycles. The summed E-state index contributed by atoms with van der Waals surface area (Å²) in [5, 5.41) is 4.74. The third kappa shape index (κ3) is 1.74. The van der Waals surface area contributed by atoms with Gasteiger partial charge < -0.3 is 10.3 Å². The zero-order valence-electron chi connectivity index (χ0n) is 8.89. The molecule has 2 heteroatoms. The van der Waals surface area contributed by atoms with Crippen LogP contribution in [0.5, 0.6) is 0 Å². The van der Waals surface area contributed by atoms with E-state index < -0.39 is 0 Å². The van der Waals surface area contributed by atoms with Gasteiger partial charge in [0.25, 0.3) is 0 Å². The Kier molecular flexibility index (Phi) is 1.99. The van der Waals surface area contributed by atoms with Gasteiger partial charge in [-0.05, 0) is 39.0 Å². The number of rotatable bonds is 1. The largest absolute Gasteiger partial charge is 0.380 e. The maximum atomic E-state index is 3.49. The molecule has 1 aromatic heterocycles. The van der Waals surface area contributed by atoms with Gasteiger partial charge in [0.15, 0.2) is 0 Å². The first-order valence-corrected chi connectivity index (χ1v) is 4.90. The molecule has 0 amide bonds. The molecule has 14 heavy (non-hydrogen) atoms. The quantitative estimate of drug-likeness (QED) is 0.705. The molecule has 0 bridgehead atoms. The van der Waals surface area contributed by atoms with Gasteiger partial charge >= 0.3 is 0 Å². The Morgan fingerprint density at radius 2 is 1.93 bits per heavy atom. The van der Waals surface area contributed by atoms with Crippen LogP contribution in [0.2, 0.25) is 0 Å². The minimum atomic E-state index is 0.103. The molecular formula is C12H16N2. The Bertz CT molecular complexity index is 435. The van der Waals surface area contributed by atoms with Crippen LogP contribution in [0.25, 0.3) is 10.9 Å². The predicted octanol–water partition coefficient (Wildman–Crippen LogP) is 3.38. The third-order valence-electron chi connectivity index (χ3n) is 2.10. The van der Waals surface area contributed by atoms with Gasteiger partial charge in [-0.15, -0.1) is 0 Å². The molecule has 0 saturated carbocycles. The summed E-state index contributed by atoms with van der Waals surface area (Å²) in [6.45, 7) is 6.50. The number of nitrogens with one attached hydrogen (secondary N) is 2. The zero-order valence-corrected chi connectivity index (χ0v) is 8.89. The normalized spacial score (nSPS) is 11.9. The molecule has 0 fully saturated rings. The Labute approximate surface area is 84.3 Å². The van der Waals surface area contributed by atoms with Gasteiger partial charge in [0, 0.05) is 28.3 Å². The van der Waals surface area contributed by atoms with Gasteiger partial charge in [-0.25, -0.2) is 0 Å². The van der Waals surface area contributed by atoms with E-state index in [1.165, 1.54) is 16.6 Å². The van der Waals surface area contributed by atoms with Crippen molar-refractivity contribution in [3.05, 3.63) is 30.5 Å². The molecule has 2 nitrogen and oxygen atoms in total. The molecule has 0 spiro atoms. The molecule has 2 aromatic rings. The van der Waals surface area contributed by atoms with E-state index in [1.54, 1.807) is 0 Å². The second-order valence-corrected chi connectivity index (χ2v) is 4.62. The lowest BCUT2D eigenvalue weighted by Crippen LogP contribution is -2.26. The molecule has 0 unspecified atom stereocenters. The highest BCUT2D eigenvalue weighted by Crippen LogP contribution is 2.24. The van der Waals surface area contributed by atoms with Crippen LogP contribution in [0.4, 0.5) is 5.69 Å². The minimum absolute atomic E-state index is 0.103. The van der Waals surface area contributed by atoms with Gasteiger partial charge in [0.05, 0.1) is 0 Å². The summed E-state index contributed by atoms with van der Waals surface area (Å²) in [4.78, 5) is 3.21. The van der Waals surface area contributed by atoms with E-state index in [-0.39, 0.29) is 5.54 Å². The SMILES string of the molecule is CC(C)(C)Nc1cccc2[nH]ccc12. The molecule has 0 atom stereocenters. The number of hydrogen-bond acceptors (Lipinski definition) is 1. The van der Waals surface area contributed by atoms with Crippen molar-refractivity contribution in [2.24, 2.45) is 0 Å². The average molecular weight is 188 g/mol. The van der Waals surface area contributed by atoms with Crippen LogP contribution < -0.4 is 5.32 Å². The molecule has 2 N–H and O–H groups in total. The zero-order chi connectivity index (χ0) is 10.2.